The number of carbonyl (C=O) groups excluding carboxylic acids is 1. The molecule has 7 nitrogen and oxygen atoms in total. The summed E-state index contributed by atoms with van der Waals surface area (Å²) >= 11 is 0. The predicted octanol–water partition coefficient (Wildman–Crippen LogP) is 2.07. The molecule has 0 bridgehead atoms. The minimum absolute atomic E-state index is 0.0619. The number of rotatable bonds is 7. The lowest BCUT2D eigenvalue weighted by molar-refractivity contribution is -0.105. The maximum absolute atomic E-state index is 12.4. The first-order valence-electron chi connectivity index (χ1n) is 6.55. The number of anilines is 2. The minimum Gasteiger partial charge on any atom is -0.497 e. The van der Waals surface area contributed by atoms with Gasteiger partial charge in [-0.15, -0.1) is 0 Å². The molecule has 0 heterocycles. The van der Waals surface area contributed by atoms with Crippen LogP contribution in [0.1, 0.15) is 0 Å². The maximum atomic E-state index is 12.4. The molecule has 2 N–H and O–H groups in total. The summed E-state index contributed by atoms with van der Waals surface area (Å²) in [6.07, 6.45) is 0.518. The monoisotopic (exact) mass is 336 g/mol. The van der Waals surface area contributed by atoms with E-state index in [1.54, 1.807) is 18.2 Å². The summed E-state index contributed by atoms with van der Waals surface area (Å²) in [5.74, 6) is 0.890. The molecule has 0 fully saturated rings. The zero-order chi connectivity index (χ0) is 16.9. The Hall–Kier alpha value is -2.74. The zero-order valence-corrected chi connectivity index (χ0v) is 13.4. The second-order valence-electron chi connectivity index (χ2n) is 4.46. The molecule has 122 valence electrons. The van der Waals surface area contributed by atoms with Crippen LogP contribution in [0.2, 0.25) is 0 Å². The summed E-state index contributed by atoms with van der Waals surface area (Å²) in [6.45, 7) is 0. The molecule has 0 spiro atoms. The van der Waals surface area contributed by atoms with E-state index < -0.39 is 10.0 Å². The lowest BCUT2D eigenvalue weighted by atomic mass is 10.3. The average Bonchev–Trinajstić information content (AvgIpc) is 2.55. The van der Waals surface area contributed by atoms with Crippen LogP contribution in [-0.4, -0.2) is 29.0 Å². The number of methoxy groups -OCH3 is 2. The van der Waals surface area contributed by atoms with E-state index in [0.717, 1.165) is 0 Å². The van der Waals surface area contributed by atoms with Gasteiger partial charge in [-0.25, -0.2) is 8.42 Å². The van der Waals surface area contributed by atoms with Crippen molar-refractivity contribution in [2.24, 2.45) is 0 Å². The van der Waals surface area contributed by atoms with Gasteiger partial charge in [0.1, 0.15) is 11.5 Å². The van der Waals surface area contributed by atoms with Crippen molar-refractivity contribution in [3.05, 3.63) is 42.5 Å². The molecule has 8 heteroatoms. The second-order valence-corrected chi connectivity index (χ2v) is 6.14. The highest BCUT2D eigenvalue weighted by molar-refractivity contribution is 7.92. The molecule has 0 atom stereocenters. The third-order valence-corrected chi connectivity index (χ3v) is 4.42. The summed E-state index contributed by atoms with van der Waals surface area (Å²) in [7, 11) is -0.840. The van der Waals surface area contributed by atoms with E-state index in [1.165, 1.54) is 38.5 Å². The molecule has 0 aliphatic heterocycles. The quantitative estimate of drug-likeness (QED) is 0.755. The Balaban J connectivity index is 2.29. The molecule has 0 saturated heterocycles. The average molecular weight is 336 g/mol. The Labute approximate surface area is 134 Å². The van der Waals surface area contributed by atoms with Crippen LogP contribution in [-0.2, 0) is 14.8 Å². The molecular weight excluding hydrogens is 320 g/mol. The van der Waals surface area contributed by atoms with Gasteiger partial charge >= 0.3 is 0 Å². The summed E-state index contributed by atoms with van der Waals surface area (Å²) in [5.41, 5.74) is 0.796. The highest BCUT2D eigenvalue weighted by Crippen LogP contribution is 2.30. The predicted molar refractivity (Wildman–Crippen MR) is 86.5 cm³/mol. The molecule has 0 saturated carbocycles. The van der Waals surface area contributed by atoms with Gasteiger partial charge in [-0.2, -0.15) is 0 Å². The first-order chi connectivity index (χ1) is 11.0. The molecule has 1 amide bonds. The summed E-state index contributed by atoms with van der Waals surface area (Å²) < 4.78 is 37.5. The van der Waals surface area contributed by atoms with E-state index in [-0.39, 0.29) is 4.90 Å². The van der Waals surface area contributed by atoms with Crippen LogP contribution in [0.5, 0.6) is 11.5 Å². The maximum Gasteiger partial charge on any atom is 0.262 e. The van der Waals surface area contributed by atoms with Crippen molar-refractivity contribution >= 4 is 27.8 Å². The normalized spacial score (nSPS) is 10.7. The molecule has 2 aromatic rings. The summed E-state index contributed by atoms with van der Waals surface area (Å²) in [6, 6.07) is 10.5. The smallest absolute Gasteiger partial charge is 0.262 e. The summed E-state index contributed by atoms with van der Waals surface area (Å²) in [5, 5.41) is 2.44. The largest absolute Gasteiger partial charge is 0.497 e. The standard InChI is InChI=1S/C15H16N2O5S/c1-21-12-5-8-14(15(9-12)22-2)17-23(19,20)13-6-3-11(4-7-13)16-10-18/h3-10,17H,1-2H3,(H,16,18). The van der Waals surface area contributed by atoms with Gasteiger partial charge < -0.3 is 14.8 Å². The number of hydrogen-bond donors (Lipinski definition) is 2. The third-order valence-electron chi connectivity index (χ3n) is 3.04. The van der Waals surface area contributed by atoms with Gasteiger partial charge in [-0.1, -0.05) is 0 Å². The molecular formula is C15H16N2O5S. The molecule has 23 heavy (non-hydrogen) atoms. The minimum atomic E-state index is -3.78. The van der Waals surface area contributed by atoms with Gasteiger partial charge in [-0.05, 0) is 36.4 Å². The summed E-state index contributed by atoms with van der Waals surface area (Å²) in [4.78, 5) is 10.4. The zero-order valence-electron chi connectivity index (χ0n) is 12.6. The van der Waals surface area contributed by atoms with E-state index in [2.05, 4.69) is 10.0 Å². The van der Waals surface area contributed by atoms with E-state index in [0.29, 0.717) is 29.3 Å². The van der Waals surface area contributed by atoms with E-state index >= 15 is 0 Å². The van der Waals surface area contributed by atoms with Crippen LogP contribution in [0.25, 0.3) is 0 Å². The van der Waals surface area contributed by atoms with Crippen LogP contribution in [0, 0.1) is 0 Å². The van der Waals surface area contributed by atoms with Gasteiger partial charge in [0.25, 0.3) is 10.0 Å². The van der Waals surface area contributed by atoms with Crippen molar-refractivity contribution in [3.63, 3.8) is 0 Å². The number of ether oxygens (including phenoxy) is 2. The van der Waals surface area contributed by atoms with Crippen molar-refractivity contribution < 1.29 is 22.7 Å². The van der Waals surface area contributed by atoms with Crippen molar-refractivity contribution in [1.82, 2.24) is 0 Å². The van der Waals surface area contributed by atoms with Gasteiger partial charge in [0, 0.05) is 11.8 Å². The van der Waals surface area contributed by atoms with E-state index in [1.807, 2.05) is 0 Å². The Morgan fingerprint density at radius 3 is 2.26 bits per heavy atom. The van der Waals surface area contributed by atoms with Crippen molar-refractivity contribution in [1.29, 1.82) is 0 Å². The lowest BCUT2D eigenvalue weighted by Crippen LogP contribution is -2.13. The number of nitrogens with one attached hydrogen (secondary N) is 2. The van der Waals surface area contributed by atoms with Gasteiger partial charge in [0.15, 0.2) is 0 Å². The number of hydrogen-bond acceptors (Lipinski definition) is 5. The van der Waals surface area contributed by atoms with Crippen molar-refractivity contribution in [2.45, 2.75) is 4.90 Å². The Kier molecular flexibility index (Phi) is 5.07. The Bertz CT molecular complexity index is 788. The molecule has 0 radical (unpaired) electrons. The Morgan fingerprint density at radius 1 is 1.00 bits per heavy atom. The van der Waals surface area contributed by atoms with Crippen LogP contribution in [0.15, 0.2) is 47.4 Å². The van der Waals surface area contributed by atoms with Gasteiger partial charge in [-0.3, -0.25) is 9.52 Å². The van der Waals surface area contributed by atoms with E-state index in [9.17, 15) is 13.2 Å². The molecule has 0 unspecified atom stereocenters. The molecule has 2 aromatic carbocycles. The van der Waals surface area contributed by atoms with Crippen LogP contribution in [0.4, 0.5) is 11.4 Å². The van der Waals surface area contributed by atoms with Crippen LogP contribution in [0.3, 0.4) is 0 Å². The number of amides is 1. The lowest BCUT2D eigenvalue weighted by Gasteiger charge is -2.13. The van der Waals surface area contributed by atoms with Crippen molar-refractivity contribution in [2.75, 3.05) is 24.3 Å². The second kappa shape index (κ2) is 7.01. The molecule has 0 aliphatic carbocycles. The first kappa shape index (κ1) is 16.6. The fourth-order valence-electron chi connectivity index (χ4n) is 1.88. The Morgan fingerprint density at radius 2 is 1.70 bits per heavy atom. The van der Waals surface area contributed by atoms with Crippen LogP contribution < -0.4 is 19.5 Å². The highest BCUT2D eigenvalue weighted by atomic mass is 32.2. The topological polar surface area (TPSA) is 93.7 Å². The first-order valence-corrected chi connectivity index (χ1v) is 8.03. The molecule has 0 aromatic heterocycles. The SMILES string of the molecule is COc1ccc(NS(=O)(=O)c2ccc(NC=O)cc2)c(OC)c1. The number of sulfonamides is 1. The van der Waals surface area contributed by atoms with E-state index in [4.69, 9.17) is 9.47 Å². The third kappa shape index (κ3) is 3.92. The molecule has 0 aliphatic rings. The van der Waals surface area contributed by atoms with Gasteiger partial charge in [0.2, 0.25) is 6.41 Å². The van der Waals surface area contributed by atoms with Crippen molar-refractivity contribution in [3.8, 4) is 11.5 Å². The van der Waals surface area contributed by atoms with Crippen LogP contribution >= 0.6 is 0 Å². The number of benzene rings is 2. The number of carbonyl (C=O) groups is 1. The fourth-order valence-corrected chi connectivity index (χ4v) is 2.96. The fraction of sp³-hybridized carbons (Fsp3) is 0.133. The molecule has 2 rings (SSSR count). The van der Waals surface area contributed by atoms with Gasteiger partial charge in [0.05, 0.1) is 24.8 Å². The highest BCUT2D eigenvalue weighted by Gasteiger charge is 2.17.